The molecule has 1 aliphatic heterocycles. The maximum absolute atomic E-state index is 12.4. The summed E-state index contributed by atoms with van der Waals surface area (Å²) in [6.07, 6.45) is 2.90. The highest BCUT2D eigenvalue weighted by molar-refractivity contribution is 7.92. The van der Waals surface area contributed by atoms with Crippen molar-refractivity contribution in [2.24, 2.45) is 17.1 Å². The first-order valence-electron chi connectivity index (χ1n) is 6.85. The zero-order chi connectivity index (χ0) is 14.8. The van der Waals surface area contributed by atoms with E-state index in [4.69, 9.17) is 18.0 Å². The Kier molecular flexibility index (Phi) is 5.37. The van der Waals surface area contributed by atoms with Crippen LogP contribution in [0.4, 0.5) is 0 Å². The maximum Gasteiger partial charge on any atom is 0.223 e. The topological polar surface area (TPSA) is 63.4 Å². The molecule has 0 radical (unpaired) electrons. The SMILES string of the molecule is CC(C(N)=S)S(=O)(=O)N1CCCC(C(C)(C)C)CC1. The van der Waals surface area contributed by atoms with Crippen molar-refractivity contribution in [2.75, 3.05) is 13.1 Å². The second kappa shape index (κ2) is 6.06. The Morgan fingerprint density at radius 2 is 1.89 bits per heavy atom. The van der Waals surface area contributed by atoms with Gasteiger partial charge in [0, 0.05) is 13.1 Å². The molecule has 2 N–H and O–H groups in total. The van der Waals surface area contributed by atoms with Gasteiger partial charge in [0.25, 0.3) is 0 Å². The summed E-state index contributed by atoms with van der Waals surface area (Å²) in [6.45, 7) is 9.40. The lowest BCUT2D eigenvalue weighted by atomic mass is 9.77. The van der Waals surface area contributed by atoms with Crippen LogP contribution >= 0.6 is 12.2 Å². The van der Waals surface area contributed by atoms with Crippen molar-refractivity contribution in [1.82, 2.24) is 4.31 Å². The summed E-state index contributed by atoms with van der Waals surface area (Å²) in [4.78, 5) is 0.0524. The summed E-state index contributed by atoms with van der Waals surface area (Å²) in [6, 6.07) is 0. The summed E-state index contributed by atoms with van der Waals surface area (Å²) < 4.78 is 26.4. The molecule has 1 saturated heterocycles. The Bertz CT molecular complexity index is 426. The largest absolute Gasteiger partial charge is 0.392 e. The quantitative estimate of drug-likeness (QED) is 0.811. The van der Waals surface area contributed by atoms with E-state index in [2.05, 4.69) is 20.8 Å². The van der Waals surface area contributed by atoms with Crippen molar-refractivity contribution >= 4 is 27.2 Å². The molecule has 0 aromatic carbocycles. The number of nitrogens with zero attached hydrogens (tertiary/aromatic N) is 1. The Balaban J connectivity index is 2.81. The first-order valence-corrected chi connectivity index (χ1v) is 8.76. The van der Waals surface area contributed by atoms with E-state index in [0.717, 1.165) is 19.3 Å². The van der Waals surface area contributed by atoms with Crippen LogP contribution in [0.25, 0.3) is 0 Å². The van der Waals surface area contributed by atoms with Crippen LogP contribution in [0.5, 0.6) is 0 Å². The molecule has 0 bridgehead atoms. The molecular weight excluding hydrogens is 280 g/mol. The van der Waals surface area contributed by atoms with E-state index in [9.17, 15) is 8.42 Å². The minimum absolute atomic E-state index is 0.0524. The average molecular weight is 306 g/mol. The molecule has 0 spiro atoms. The summed E-state index contributed by atoms with van der Waals surface area (Å²) in [5.74, 6) is 0.563. The Morgan fingerprint density at radius 1 is 1.32 bits per heavy atom. The van der Waals surface area contributed by atoms with Crippen molar-refractivity contribution < 1.29 is 8.42 Å². The van der Waals surface area contributed by atoms with Crippen molar-refractivity contribution in [3.63, 3.8) is 0 Å². The van der Waals surface area contributed by atoms with Crippen LogP contribution in [-0.2, 0) is 10.0 Å². The molecular formula is C13H26N2O2S2. The summed E-state index contributed by atoms with van der Waals surface area (Å²) in [7, 11) is -3.39. The van der Waals surface area contributed by atoms with Gasteiger partial charge in [-0.3, -0.25) is 0 Å². The monoisotopic (exact) mass is 306 g/mol. The Morgan fingerprint density at radius 3 is 2.37 bits per heavy atom. The van der Waals surface area contributed by atoms with Gasteiger partial charge in [0.1, 0.15) is 5.25 Å². The molecule has 2 atom stereocenters. The highest BCUT2D eigenvalue weighted by Gasteiger charge is 2.34. The van der Waals surface area contributed by atoms with E-state index in [1.807, 2.05) is 0 Å². The standard InChI is InChI=1S/C13H26N2O2S2/c1-10(12(14)18)19(16,17)15-8-5-6-11(7-9-15)13(2,3)4/h10-11H,5-9H2,1-4H3,(H2,14,18). The molecule has 4 nitrogen and oxygen atoms in total. The third-order valence-corrected chi connectivity index (χ3v) is 6.85. The van der Waals surface area contributed by atoms with Gasteiger partial charge in [0.15, 0.2) is 0 Å². The lowest BCUT2D eigenvalue weighted by molar-refractivity contribution is 0.217. The van der Waals surface area contributed by atoms with Crippen molar-refractivity contribution in [3.05, 3.63) is 0 Å². The Hall–Kier alpha value is -0.200. The van der Waals surface area contributed by atoms with Crippen LogP contribution in [0.1, 0.15) is 47.0 Å². The molecule has 112 valence electrons. The number of rotatable bonds is 3. The predicted octanol–water partition coefficient (Wildman–Crippen LogP) is 2.14. The molecule has 1 rings (SSSR count). The fourth-order valence-corrected chi connectivity index (χ4v) is 4.41. The van der Waals surface area contributed by atoms with Crippen LogP contribution in [0, 0.1) is 11.3 Å². The second-order valence-electron chi connectivity index (χ2n) is 6.48. The highest BCUT2D eigenvalue weighted by Crippen LogP contribution is 2.34. The summed E-state index contributed by atoms with van der Waals surface area (Å²) >= 11 is 4.82. The molecule has 6 heteroatoms. The van der Waals surface area contributed by atoms with E-state index in [1.165, 1.54) is 0 Å². The van der Waals surface area contributed by atoms with Gasteiger partial charge in [0.05, 0.1) is 4.99 Å². The van der Waals surface area contributed by atoms with Crippen molar-refractivity contribution in [3.8, 4) is 0 Å². The lowest BCUT2D eigenvalue weighted by Gasteiger charge is -2.30. The fourth-order valence-electron chi connectivity index (χ4n) is 2.56. The normalized spacial score (nSPS) is 24.7. The van der Waals surface area contributed by atoms with E-state index >= 15 is 0 Å². The molecule has 2 unspecified atom stereocenters. The molecule has 1 heterocycles. The van der Waals surface area contributed by atoms with Crippen molar-refractivity contribution in [2.45, 2.75) is 52.2 Å². The zero-order valence-corrected chi connectivity index (χ0v) is 14.0. The summed E-state index contributed by atoms with van der Waals surface area (Å²) in [5, 5.41) is -0.770. The van der Waals surface area contributed by atoms with Crippen LogP contribution in [0.3, 0.4) is 0 Å². The number of nitrogens with two attached hydrogens (primary N) is 1. The van der Waals surface area contributed by atoms with Gasteiger partial charge in [0.2, 0.25) is 10.0 Å². The smallest absolute Gasteiger partial charge is 0.223 e. The first-order chi connectivity index (χ1) is 8.56. The van der Waals surface area contributed by atoms with E-state index < -0.39 is 15.3 Å². The fraction of sp³-hybridized carbons (Fsp3) is 0.923. The van der Waals surface area contributed by atoms with Crippen LogP contribution in [-0.4, -0.2) is 36.1 Å². The molecule has 1 fully saturated rings. The number of thiocarbonyl (C=S) groups is 1. The molecule has 0 aliphatic carbocycles. The summed E-state index contributed by atoms with van der Waals surface area (Å²) in [5.41, 5.74) is 5.72. The minimum Gasteiger partial charge on any atom is -0.392 e. The van der Waals surface area contributed by atoms with Gasteiger partial charge < -0.3 is 5.73 Å². The van der Waals surface area contributed by atoms with Gasteiger partial charge >= 0.3 is 0 Å². The van der Waals surface area contributed by atoms with Gasteiger partial charge in [-0.05, 0) is 37.5 Å². The lowest BCUT2D eigenvalue weighted by Crippen LogP contribution is -2.43. The van der Waals surface area contributed by atoms with E-state index in [-0.39, 0.29) is 10.4 Å². The molecule has 0 aromatic heterocycles. The highest BCUT2D eigenvalue weighted by atomic mass is 32.2. The third-order valence-electron chi connectivity index (χ3n) is 4.12. The van der Waals surface area contributed by atoms with Crippen molar-refractivity contribution in [1.29, 1.82) is 0 Å². The van der Waals surface area contributed by atoms with Gasteiger partial charge in [-0.2, -0.15) is 0 Å². The van der Waals surface area contributed by atoms with Gasteiger partial charge in [-0.25, -0.2) is 12.7 Å². The molecule has 19 heavy (non-hydrogen) atoms. The molecule has 0 saturated carbocycles. The van der Waals surface area contributed by atoms with Gasteiger partial charge in [-0.15, -0.1) is 0 Å². The van der Waals surface area contributed by atoms with Crippen LogP contribution < -0.4 is 5.73 Å². The van der Waals surface area contributed by atoms with Crippen LogP contribution in [0.2, 0.25) is 0 Å². The molecule has 1 aliphatic rings. The van der Waals surface area contributed by atoms with Gasteiger partial charge in [-0.1, -0.05) is 33.0 Å². The predicted molar refractivity (Wildman–Crippen MR) is 83.5 cm³/mol. The number of hydrogen-bond acceptors (Lipinski definition) is 3. The second-order valence-corrected chi connectivity index (χ2v) is 9.21. The van der Waals surface area contributed by atoms with E-state index in [0.29, 0.717) is 19.0 Å². The first kappa shape index (κ1) is 16.9. The molecule has 0 amide bonds. The number of hydrogen-bond donors (Lipinski definition) is 1. The third kappa shape index (κ3) is 4.13. The Labute approximate surface area is 122 Å². The maximum atomic E-state index is 12.4. The van der Waals surface area contributed by atoms with E-state index in [1.54, 1.807) is 11.2 Å². The minimum atomic E-state index is -3.39. The van der Waals surface area contributed by atoms with Crippen LogP contribution in [0.15, 0.2) is 0 Å². The average Bonchev–Trinajstić information content (AvgIpc) is 2.52. The number of sulfonamides is 1. The molecule has 0 aromatic rings. The zero-order valence-electron chi connectivity index (χ0n) is 12.3.